The zero-order valence-electron chi connectivity index (χ0n) is 17.7. The van der Waals surface area contributed by atoms with E-state index < -0.39 is 0 Å². The molecule has 0 N–H and O–H groups in total. The van der Waals surface area contributed by atoms with E-state index in [9.17, 15) is 4.79 Å². The second-order valence-electron chi connectivity index (χ2n) is 7.89. The van der Waals surface area contributed by atoms with Crippen molar-refractivity contribution in [3.63, 3.8) is 0 Å². The summed E-state index contributed by atoms with van der Waals surface area (Å²) in [4.78, 5) is 26.3. The number of carbonyl (C=O) groups excluding carboxylic acids is 1. The molecule has 4 heterocycles. The smallest absolute Gasteiger partial charge is 0.257 e. The summed E-state index contributed by atoms with van der Waals surface area (Å²) in [7, 11) is 2.09. The number of amides is 1. The van der Waals surface area contributed by atoms with E-state index in [-0.39, 0.29) is 5.91 Å². The summed E-state index contributed by atoms with van der Waals surface area (Å²) < 4.78 is 7.55. The molecule has 1 aromatic carbocycles. The van der Waals surface area contributed by atoms with Gasteiger partial charge in [0.2, 0.25) is 0 Å². The quantitative estimate of drug-likeness (QED) is 0.510. The van der Waals surface area contributed by atoms with Gasteiger partial charge in [0.15, 0.2) is 5.76 Å². The number of nitrogens with zero attached hydrogens (tertiary/aromatic N) is 6. The summed E-state index contributed by atoms with van der Waals surface area (Å²) in [6, 6.07) is 11.6. The van der Waals surface area contributed by atoms with Gasteiger partial charge in [0.25, 0.3) is 11.9 Å². The van der Waals surface area contributed by atoms with Crippen molar-refractivity contribution >= 4 is 16.9 Å². The highest BCUT2D eigenvalue weighted by molar-refractivity contribution is 5.95. The van der Waals surface area contributed by atoms with Crippen molar-refractivity contribution in [1.29, 1.82) is 0 Å². The van der Waals surface area contributed by atoms with E-state index in [1.165, 1.54) is 0 Å². The first-order valence-electron chi connectivity index (χ1n) is 10.4. The number of rotatable bonds is 3. The molecule has 0 bridgehead atoms. The van der Waals surface area contributed by atoms with Crippen LogP contribution in [0, 0.1) is 6.92 Å². The lowest BCUT2D eigenvalue weighted by atomic mass is 10.2. The number of para-hydroxylation sites is 1. The van der Waals surface area contributed by atoms with Gasteiger partial charge >= 0.3 is 0 Å². The van der Waals surface area contributed by atoms with Crippen LogP contribution < -0.4 is 0 Å². The number of carbonyl (C=O) groups is 1. The monoisotopic (exact) mass is 416 g/mol. The highest BCUT2D eigenvalue weighted by Crippen LogP contribution is 2.26. The lowest BCUT2D eigenvalue weighted by Gasteiger charge is -2.20. The van der Waals surface area contributed by atoms with Crippen molar-refractivity contribution in [3.05, 3.63) is 60.0 Å². The molecule has 8 heteroatoms. The summed E-state index contributed by atoms with van der Waals surface area (Å²) in [6.45, 7) is 5.23. The Morgan fingerprint density at radius 1 is 1.10 bits per heavy atom. The van der Waals surface area contributed by atoms with Crippen molar-refractivity contribution in [1.82, 2.24) is 29.5 Å². The van der Waals surface area contributed by atoms with Gasteiger partial charge in [-0.15, -0.1) is 0 Å². The number of hydrogen-bond donors (Lipinski definition) is 0. The van der Waals surface area contributed by atoms with Crippen LogP contribution in [-0.2, 0) is 0 Å². The maximum absolute atomic E-state index is 13.1. The Kier molecular flexibility index (Phi) is 4.99. The van der Waals surface area contributed by atoms with E-state index >= 15 is 0 Å². The minimum Gasteiger partial charge on any atom is -0.454 e. The Morgan fingerprint density at radius 3 is 2.84 bits per heavy atom. The van der Waals surface area contributed by atoms with E-state index in [2.05, 4.69) is 27.0 Å². The average Bonchev–Trinajstić information content (AvgIpc) is 3.32. The first kappa shape index (κ1) is 19.4. The lowest BCUT2D eigenvalue weighted by Crippen LogP contribution is -2.34. The summed E-state index contributed by atoms with van der Waals surface area (Å²) in [6.07, 6.45) is 4.26. The minimum atomic E-state index is 0.00693. The fourth-order valence-corrected chi connectivity index (χ4v) is 3.94. The van der Waals surface area contributed by atoms with Gasteiger partial charge in [-0.05, 0) is 45.1 Å². The van der Waals surface area contributed by atoms with Crippen LogP contribution in [-0.4, -0.2) is 68.7 Å². The number of benzene rings is 1. The predicted molar refractivity (Wildman–Crippen MR) is 117 cm³/mol. The van der Waals surface area contributed by atoms with Gasteiger partial charge in [0.1, 0.15) is 11.3 Å². The average molecular weight is 416 g/mol. The molecule has 0 atom stereocenters. The molecule has 0 spiro atoms. The topological polar surface area (TPSA) is 80.3 Å². The van der Waals surface area contributed by atoms with Crippen molar-refractivity contribution < 1.29 is 9.21 Å². The fraction of sp³-hybridized carbons (Fsp3) is 0.304. The van der Waals surface area contributed by atoms with Gasteiger partial charge in [-0.2, -0.15) is 5.10 Å². The molecular formula is C23H24N6O2. The summed E-state index contributed by atoms with van der Waals surface area (Å²) in [5.41, 5.74) is 2.79. The fourth-order valence-electron chi connectivity index (χ4n) is 3.94. The zero-order chi connectivity index (χ0) is 21.4. The molecule has 1 saturated heterocycles. The summed E-state index contributed by atoms with van der Waals surface area (Å²) in [5.74, 6) is 1.08. The van der Waals surface area contributed by atoms with Crippen molar-refractivity contribution in [2.24, 2.45) is 0 Å². The van der Waals surface area contributed by atoms with Gasteiger partial charge in [-0.25, -0.2) is 14.6 Å². The number of hydrogen-bond acceptors (Lipinski definition) is 6. The molecule has 1 fully saturated rings. The van der Waals surface area contributed by atoms with Crippen molar-refractivity contribution in [2.45, 2.75) is 13.3 Å². The van der Waals surface area contributed by atoms with Gasteiger partial charge < -0.3 is 14.2 Å². The molecule has 158 valence electrons. The highest BCUT2D eigenvalue weighted by atomic mass is 16.3. The number of furan rings is 1. The SMILES string of the molecule is Cc1c(C(=O)N2CCCN(C)CC2)cnn1-c1nccc(-c2cc3ccccc3o2)n1. The molecule has 1 aliphatic heterocycles. The van der Waals surface area contributed by atoms with Gasteiger partial charge in [-0.3, -0.25) is 4.79 Å². The van der Waals surface area contributed by atoms with Crippen LogP contribution in [0.1, 0.15) is 22.5 Å². The van der Waals surface area contributed by atoms with Gasteiger partial charge in [-0.1, -0.05) is 18.2 Å². The summed E-state index contributed by atoms with van der Waals surface area (Å²) >= 11 is 0. The maximum Gasteiger partial charge on any atom is 0.257 e. The summed E-state index contributed by atoms with van der Waals surface area (Å²) in [5, 5.41) is 5.44. The Balaban J connectivity index is 1.44. The molecule has 0 saturated carbocycles. The lowest BCUT2D eigenvalue weighted by molar-refractivity contribution is 0.0762. The molecule has 8 nitrogen and oxygen atoms in total. The molecule has 1 amide bonds. The second kappa shape index (κ2) is 7.96. The third-order valence-electron chi connectivity index (χ3n) is 5.76. The zero-order valence-corrected chi connectivity index (χ0v) is 17.7. The first-order chi connectivity index (χ1) is 15.1. The Bertz CT molecular complexity index is 1210. The molecule has 5 rings (SSSR count). The number of aromatic nitrogens is 4. The Labute approximate surface area is 180 Å². The van der Waals surface area contributed by atoms with E-state index in [0.717, 1.165) is 49.3 Å². The van der Waals surface area contributed by atoms with E-state index in [1.807, 2.05) is 42.2 Å². The van der Waals surface area contributed by atoms with Gasteiger partial charge in [0.05, 0.1) is 17.5 Å². The van der Waals surface area contributed by atoms with Crippen LogP contribution >= 0.6 is 0 Å². The highest BCUT2D eigenvalue weighted by Gasteiger charge is 2.23. The molecule has 0 radical (unpaired) electrons. The van der Waals surface area contributed by atoms with Crippen LogP contribution in [0.2, 0.25) is 0 Å². The molecule has 0 aliphatic carbocycles. The molecule has 31 heavy (non-hydrogen) atoms. The molecular weight excluding hydrogens is 392 g/mol. The molecule has 3 aromatic heterocycles. The van der Waals surface area contributed by atoms with Crippen molar-refractivity contribution in [2.75, 3.05) is 33.2 Å². The number of likely N-dealkylation sites (N-methyl/N-ethyl adjacent to an activating group) is 1. The van der Waals surface area contributed by atoms with E-state index in [4.69, 9.17) is 4.42 Å². The third kappa shape index (κ3) is 3.70. The van der Waals surface area contributed by atoms with Gasteiger partial charge in [0, 0.05) is 31.2 Å². The van der Waals surface area contributed by atoms with Crippen molar-refractivity contribution in [3.8, 4) is 17.4 Å². The standard InChI is InChI=1S/C23H24N6O2/c1-16-18(22(30)28-11-5-10-27(2)12-13-28)15-25-29(16)23-24-9-8-19(26-23)21-14-17-6-3-4-7-20(17)31-21/h3-4,6-9,14-15H,5,10-13H2,1-2H3. The first-order valence-corrected chi connectivity index (χ1v) is 10.4. The van der Waals surface area contributed by atoms with Crippen LogP contribution in [0.15, 0.2) is 53.2 Å². The van der Waals surface area contributed by atoms with E-state index in [0.29, 0.717) is 23.0 Å². The predicted octanol–water partition coefficient (Wildman–Crippen LogP) is 3.16. The maximum atomic E-state index is 13.1. The minimum absolute atomic E-state index is 0.00693. The molecule has 0 unspecified atom stereocenters. The van der Waals surface area contributed by atoms with Crippen LogP contribution in [0.25, 0.3) is 28.4 Å². The van der Waals surface area contributed by atoms with Crippen LogP contribution in [0.3, 0.4) is 0 Å². The molecule has 1 aliphatic rings. The molecule has 4 aromatic rings. The normalized spacial score (nSPS) is 15.4. The van der Waals surface area contributed by atoms with E-state index in [1.54, 1.807) is 23.1 Å². The van der Waals surface area contributed by atoms with Crippen LogP contribution in [0.5, 0.6) is 0 Å². The second-order valence-corrected chi connectivity index (χ2v) is 7.89. The largest absolute Gasteiger partial charge is 0.454 e. The Morgan fingerprint density at radius 2 is 1.97 bits per heavy atom. The van der Waals surface area contributed by atoms with Crippen LogP contribution in [0.4, 0.5) is 0 Å². The Hall–Kier alpha value is -3.52. The number of fused-ring (bicyclic) bond motifs is 1. The third-order valence-corrected chi connectivity index (χ3v) is 5.76.